The number of hydrogen-bond donors (Lipinski definition) is 1. The Bertz CT molecular complexity index is 1130. The molecule has 0 saturated carbocycles. The van der Waals surface area contributed by atoms with Crippen LogP contribution in [0.1, 0.15) is 15.2 Å². The van der Waals surface area contributed by atoms with E-state index in [1.165, 1.54) is 37.5 Å². The average molecular weight is 472 g/mol. The smallest absolute Gasteiger partial charge is 0.332 e. The molecule has 162 valence electrons. The number of nitrogens with zero attached hydrogens (tertiary/aromatic N) is 2. The normalized spacial score (nSPS) is 11.3. The molecule has 2 aromatic carbocycles. The van der Waals surface area contributed by atoms with Crippen LogP contribution in [0, 0.1) is 5.82 Å². The van der Waals surface area contributed by atoms with E-state index in [1.54, 1.807) is 6.07 Å². The molecule has 0 fully saturated rings. The fourth-order valence-corrected chi connectivity index (χ4v) is 3.79. The molecule has 3 aromatic rings. The van der Waals surface area contributed by atoms with E-state index in [0.717, 1.165) is 22.3 Å². The van der Waals surface area contributed by atoms with E-state index in [1.807, 2.05) is 0 Å². The Balaban J connectivity index is 1.67. The maximum absolute atomic E-state index is 13.9. The van der Waals surface area contributed by atoms with Gasteiger partial charge in [0.25, 0.3) is 5.91 Å². The first-order valence-electron chi connectivity index (χ1n) is 8.69. The summed E-state index contributed by atoms with van der Waals surface area (Å²) < 4.78 is 52.7. The summed E-state index contributed by atoms with van der Waals surface area (Å²) in [6.07, 6.45) is -3.40. The highest BCUT2D eigenvalue weighted by molar-refractivity contribution is 7.16. The number of alkyl halides is 3. The Labute approximate surface area is 183 Å². The third-order valence-corrected chi connectivity index (χ3v) is 5.45. The SMILES string of the molecule is CN(CC(=O)Nc1ccc(Cl)c(C(F)(F)F)c1)C(=O)c1cnc(-c2ccccc2F)s1. The van der Waals surface area contributed by atoms with Crippen molar-refractivity contribution in [1.82, 2.24) is 9.88 Å². The molecular weight excluding hydrogens is 458 g/mol. The quantitative estimate of drug-likeness (QED) is 0.511. The van der Waals surface area contributed by atoms with Crippen molar-refractivity contribution >= 4 is 40.4 Å². The summed E-state index contributed by atoms with van der Waals surface area (Å²) in [5.41, 5.74) is -0.945. The lowest BCUT2D eigenvalue weighted by molar-refractivity contribution is -0.137. The number of likely N-dealkylation sites (N-methyl/N-ethyl adjacent to an activating group) is 1. The maximum Gasteiger partial charge on any atom is 0.417 e. The Morgan fingerprint density at radius 3 is 2.58 bits per heavy atom. The number of carbonyl (C=O) groups is 2. The first-order valence-corrected chi connectivity index (χ1v) is 9.88. The Morgan fingerprint density at radius 1 is 1.19 bits per heavy atom. The predicted octanol–water partition coefficient (Wildman–Crippen LogP) is 5.33. The van der Waals surface area contributed by atoms with Crippen LogP contribution in [0.3, 0.4) is 0 Å². The standard InChI is InChI=1S/C20H14ClF4N3O2S/c1-28(10-17(29)27-11-6-7-14(21)13(8-11)20(23,24)25)19(30)16-9-26-18(31-16)12-4-2-3-5-15(12)22/h2-9H,10H2,1H3,(H,27,29). The summed E-state index contributed by atoms with van der Waals surface area (Å²) >= 11 is 6.51. The lowest BCUT2D eigenvalue weighted by Crippen LogP contribution is -2.34. The van der Waals surface area contributed by atoms with E-state index in [4.69, 9.17) is 11.6 Å². The summed E-state index contributed by atoms with van der Waals surface area (Å²) in [6, 6.07) is 8.93. The number of hydrogen-bond acceptors (Lipinski definition) is 4. The van der Waals surface area contributed by atoms with E-state index in [9.17, 15) is 27.2 Å². The van der Waals surface area contributed by atoms with Crippen LogP contribution >= 0.6 is 22.9 Å². The lowest BCUT2D eigenvalue weighted by Gasteiger charge is -2.16. The van der Waals surface area contributed by atoms with Gasteiger partial charge in [0, 0.05) is 18.3 Å². The molecule has 1 N–H and O–H groups in total. The van der Waals surface area contributed by atoms with Crippen LogP contribution in [0.15, 0.2) is 48.7 Å². The third-order valence-electron chi connectivity index (χ3n) is 4.10. The van der Waals surface area contributed by atoms with Crippen LogP contribution in [0.25, 0.3) is 10.6 Å². The number of thiazole rings is 1. The second-order valence-corrected chi connectivity index (χ2v) is 7.85. The minimum atomic E-state index is -4.67. The minimum Gasteiger partial charge on any atom is -0.332 e. The number of aromatic nitrogens is 1. The van der Waals surface area contributed by atoms with Gasteiger partial charge in [-0.25, -0.2) is 9.37 Å². The molecule has 0 atom stereocenters. The van der Waals surface area contributed by atoms with Crippen molar-refractivity contribution in [2.45, 2.75) is 6.18 Å². The van der Waals surface area contributed by atoms with Gasteiger partial charge in [0.2, 0.25) is 5.91 Å². The monoisotopic (exact) mass is 471 g/mol. The Morgan fingerprint density at radius 2 is 1.90 bits per heavy atom. The van der Waals surface area contributed by atoms with E-state index in [2.05, 4.69) is 10.3 Å². The molecule has 1 aromatic heterocycles. The van der Waals surface area contributed by atoms with Crippen molar-refractivity contribution in [1.29, 1.82) is 0 Å². The fraction of sp³-hybridized carbons (Fsp3) is 0.150. The highest BCUT2D eigenvalue weighted by Gasteiger charge is 2.33. The van der Waals surface area contributed by atoms with Crippen molar-refractivity contribution in [3.8, 4) is 10.6 Å². The third kappa shape index (κ3) is 5.39. The van der Waals surface area contributed by atoms with Crippen LogP contribution in [-0.4, -0.2) is 35.3 Å². The van der Waals surface area contributed by atoms with Crippen LogP contribution in [0.5, 0.6) is 0 Å². The highest BCUT2D eigenvalue weighted by atomic mass is 35.5. The molecule has 2 amide bonds. The second kappa shape index (κ2) is 9.03. The summed E-state index contributed by atoms with van der Waals surface area (Å²) in [6.45, 7) is -0.421. The molecule has 0 aliphatic heterocycles. The zero-order chi connectivity index (χ0) is 22.8. The van der Waals surface area contributed by atoms with Crippen molar-refractivity contribution in [2.75, 3.05) is 18.9 Å². The molecule has 0 aliphatic rings. The number of anilines is 1. The van der Waals surface area contributed by atoms with Crippen LogP contribution in [0.2, 0.25) is 5.02 Å². The van der Waals surface area contributed by atoms with Crippen molar-refractivity contribution in [3.05, 3.63) is 69.9 Å². The van der Waals surface area contributed by atoms with Gasteiger partial charge in [-0.05, 0) is 30.3 Å². The van der Waals surface area contributed by atoms with Gasteiger partial charge in [-0.1, -0.05) is 23.7 Å². The van der Waals surface area contributed by atoms with E-state index in [0.29, 0.717) is 11.1 Å². The van der Waals surface area contributed by atoms with Gasteiger partial charge in [0.15, 0.2) is 0 Å². The number of nitrogens with one attached hydrogen (secondary N) is 1. The van der Waals surface area contributed by atoms with E-state index in [-0.39, 0.29) is 16.1 Å². The number of benzene rings is 2. The summed E-state index contributed by atoms with van der Waals surface area (Å²) in [7, 11) is 1.35. The minimum absolute atomic E-state index is 0.109. The topological polar surface area (TPSA) is 62.3 Å². The van der Waals surface area contributed by atoms with Crippen LogP contribution in [-0.2, 0) is 11.0 Å². The molecule has 31 heavy (non-hydrogen) atoms. The molecule has 0 aliphatic carbocycles. The van der Waals surface area contributed by atoms with E-state index < -0.39 is 40.9 Å². The van der Waals surface area contributed by atoms with Crippen molar-refractivity contribution in [2.24, 2.45) is 0 Å². The predicted molar refractivity (Wildman–Crippen MR) is 110 cm³/mol. The van der Waals surface area contributed by atoms with Crippen molar-refractivity contribution < 1.29 is 27.2 Å². The van der Waals surface area contributed by atoms with Crippen LogP contribution < -0.4 is 5.32 Å². The number of rotatable bonds is 5. The van der Waals surface area contributed by atoms with Gasteiger partial charge in [0.1, 0.15) is 15.7 Å². The van der Waals surface area contributed by atoms with Gasteiger partial charge >= 0.3 is 6.18 Å². The summed E-state index contributed by atoms with van der Waals surface area (Å²) in [5.74, 6) is -1.72. The van der Waals surface area contributed by atoms with Gasteiger partial charge in [-0.15, -0.1) is 11.3 Å². The number of amides is 2. The summed E-state index contributed by atoms with van der Waals surface area (Å²) in [4.78, 5) is 30.1. The molecule has 1 heterocycles. The fourth-order valence-electron chi connectivity index (χ4n) is 2.63. The van der Waals surface area contributed by atoms with Crippen molar-refractivity contribution in [3.63, 3.8) is 0 Å². The number of carbonyl (C=O) groups excluding carboxylic acids is 2. The molecule has 0 spiro atoms. The molecule has 5 nitrogen and oxygen atoms in total. The first kappa shape index (κ1) is 22.7. The average Bonchev–Trinajstić information content (AvgIpc) is 3.18. The second-order valence-electron chi connectivity index (χ2n) is 6.41. The molecule has 0 unspecified atom stereocenters. The van der Waals surface area contributed by atoms with E-state index >= 15 is 0 Å². The first-order chi connectivity index (χ1) is 14.6. The molecule has 0 radical (unpaired) electrons. The summed E-state index contributed by atoms with van der Waals surface area (Å²) in [5, 5.41) is 2.12. The maximum atomic E-state index is 13.9. The molecule has 11 heteroatoms. The molecule has 0 bridgehead atoms. The lowest BCUT2D eigenvalue weighted by atomic mass is 10.2. The Hall–Kier alpha value is -2.98. The molecule has 3 rings (SSSR count). The molecular formula is C20H14ClF4N3O2S. The largest absolute Gasteiger partial charge is 0.417 e. The zero-order valence-electron chi connectivity index (χ0n) is 15.8. The van der Waals surface area contributed by atoms with Gasteiger partial charge in [-0.3, -0.25) is 9.59 Å². The van der Waals surface area contributed by atoms with Gasteiger partial charge in [0.05, 0.1) is 23.3 Å². The highest BCUT2D eigenvalue weighted by Crippen LogP contribution is 2.36. The molecule has 0 saturated heterocycles. The Kier molecular flexibility index (Phi) is 6.61. The van der Waals surface area contributed by atoms with Crippen LogP contribution in [0.4, 0.5) is 23.2 Å². The number of halogens is 5. The zero-order valence-corrected chi connectivity index (χ0v) is 17.4. The van der Waals surface area contributed by atoms with Gasteiger partial charge in [-0.2, -0.15) is 13.2 Å². The van der Waals surface area contributed by atoms with Gasteiger partial charge < -0.3 is 10.2 Å².